The Labute approximate surface area is 212 Å². The number of hydrogen-bond donors (Lipinski definition) is 0. The maximum absolute atomic E-state index is 12.0. The lowest BCUT2D eigenvalue weighted by Gasteiger charge is -2.18. The number of hydrogen-bond acceptors (Lipinski definition) is 4. The van der Waals surface area contributed by atoms with Gasteiger partial charge in [0.15, 0.2) is 0 Å². The Balaban J connectivity index is 3.93. The molecular formula is C30H58O4. The minimum atomic E-state index is -0.0347. The maximum atomic E-state index is 12.0. The Hall–Kier alpha value is -1.06. The van der Waals surface area contributed by atoms with Crippen molar-refractivity contribution in [3.63, 3.8) is 0 Å². The van der Waals surface area contributed by atoms with Crippen molar-refractivity contribution in [3.8, 4) is 0 Å². The zero-order valence-electron chi connectivity index (χ0n) is 23.3. The molecule has 2 atom stereocenters. The van der Waals surface area contributed by atoms with E-state index in [4.69, 9.17) is 9.47 Å². The van der Waals surface area contributed by atoms with Crippen LogP contribution < -0.4 is 0 Å². The Bertz CT molecular complexity index is 463. The largest absolute Gasteiger partial charge is 0.465 e. The molecule has 0 aliphatic rings. The summed E-state index contributed by atoms with van der Waals surface area (Å²) in [4.78, 5) is 24.0. The average Bonchev–Trinajstić information content (AvgIpc) is 2.82. The second-order valence-corrected chi connectivity index (χ2v) is 10.2. The maximum Gasteiger partial charge on any atom is 0.306 e. The van der Waals surface area contributed by atoms with E-state index in [1.54, 1.807) is 0 Å². The molecule has 0 N–H and O–H groups in total. The number of carbonyl (C=O) groups excluding carboxylic acids is 2. The summed E-state index contributed by atoms with van der Waals surface area (Å²) < 4.78 is 11.3. The van der Waals surface area contributed by atoms with Gasteiger partial charge in [-0.05, 0) is 50.9 Å². The lowest BCUT2D eigenvalue weighted by Crippen LogP contribution is -2.18. The molecule has 0 rings (SSSR count). The van der Waals surface area contributed by atoms with Crippen molar-refractivity contribution in [2.24, 2.45) is 5.92 Å². The summed E-state index contributed by atoms with van der Waals surface area (Å²) >= 11 is 0. The summed E-state index contributed by atoms with van der Waals surface area (Å²) in [6, 6.07) is 0. The highest BCUT2D eigenvalue weighted by Gasteiger charge is 2.14. The summed E-state index contributed by atoms with van der Waals surface area (Å²) in [6.07, 6.45) is 23.0. The monoisotopic (exact) mass is 482 g/mol. The minimum absolute atomic E-state index is 0.0334. The van der Waals surface area contributed by atoms with E-state index < -0.39 is 0 Å². The molecule has 0 aliphatic carbocycles. The topological polar surface area (TPSA) is 52.6 Å². The zero-order chi connectivity index (χ0) is 25.3. The first kappa shape index (κ1) is 32.9. The molecule has 2 unspecified atom stereocenters. The third-order valence-corrected chi connectivity index (χ3v) is 6.81. The third-order valence-electron chi connectivity index (χ3n) is 6.81. The van der Waals surface area contributed by atoms with Crippen LogP contribution in [-0.4, -0.2) is 24.6 Å². The first-order valence-electron chi connectivity index (χ1n) is 14.9. The molecule has 4 nitrogen and oxygen atoms in total. The Morgan fingerprint density at radius 2 is 1.12 bits per heavy atom. The molecule has 0 amide bonds. The number of rotatable bonds is 25. The number of esters is 2. The highest BCUT2D eigenvalue weighted by molar-refractivity contribution is 5.69. The van der Waals surface area contributed by atoms with Crippen LogP contribution in [0.4, 0.5) is 0 Å². The van der Waals surface area contributed by atoms with E-state index >= 15 is 0 Å². The molecule has 4 heteroatoms. The summed E-state index contributed by atoms with van der Waals surface area (Å²) in [7, 11) is 0. The fourth-order valence-electron chi connectivity index (χ4n) is 4.39. The van der Waals surface area contributed by atoms with Crippen LogP contribution in [0.25, 0.3) is 0 Å². The third kappa shape index (κ3) is 21.5. The van der Waals surface area contributed by atoms with E-state index in [0.29, 0.717) is 25.4 Å². The van der Waals surface area contributed by atoms with Crippen molar-refractivity contribution < 1.29 is 19.1 Å². The van der Waals surface area contributed by atoms with Gasteiger partial charge in [0, 0.05) is 12.8 Å². The van der Waals surface area contributed by atoms with Gasteiger partial charge in [0.25, 0.3) is 0 Å². The SMILES string of the molecule is CCCCCCCCCC(CCCCCCCC(=O)OCC(CC)CCCC)OC(=O)CCC. The molecule has 0 saturated carbocycles. The van der Waals surface area contributed by atoms with Gasteiger partial charge in [-0.15, -0.1) is 0 Å². The van der Waals surface area contributed by atoms with Crippen molar-refractivity contribution in [3.05, 3.63) is 0 Å². The second-order valence-electron chi connectivity index (χ2n) is 10.2. The summed E-state index contributed by atoms with van der Waals surface area (Å²) in [5.74, 6) is 0.450. The van der Waals surface area contributed by atoms with Gasteiger partial charge in [0.05, 0.1) is 6.61 Å². The van der Waals surface area contributed by atoms with Gasteiger partial charge in [-0.2, -0.15) is 0 Å². The van der Waals surface area contributed by atoms with Crippen LogP contribution >= 0.6 is 0 Å². The molecule has 0 heterocycles. The van der Waals surface area contributed by atoms with Gasteiger partial charge >= 0.3 is 11.9 Å². The Morgan fingerprint density at radius 3 is 1.68 bits per heavy atom. The van der Waals surface area contributed by atoms with Crippen molar-refractivity contribution in [2.45, 2.75) is 169 Å². The lowest BCUT2D eigenvalue weighted by atomic mass is 10.0. The lowest BCUT2D eigenvalue weighted by molar-refractivity contribution is -0.150. The first-order chi connectivity index (χ1) is 16.6. The zero-order valence-corrected chi connectivity index (χ0v) is 23.3. The molecule has 0 aromatic carbocycles. The predicted molar refractivity (Wildman–Crippen MR) is 144 cm³/mol. The van der Waals surface area contributed by atoms with Crippen LogP contribution in [0.2, 0.25) is 0 Å². The quantitative estimate of drug-likeness (QED) is 0.0960. The number of unbranched alkanes of at least 4 members (excludes halogenated alkanes) is 11. The smallest absolute Gasteiger partial charge is 0.306 e. The van der Waals surface area contributed by atoms with Gasteiger partial charge < -0.3 is 9.47 Å². The second kappa shape index (κ2) is 25.0. The highest BCUT2D eigenvalue weighted by atomic mass is 16.5. The van der Waals surface area contributed by atoms with Gasteiger partial charge in [-0.3, -0.25) is 9.59 Å². The fourth-order valence-corrected chi connectivity index (χ4v) is 4.39. The molecule has 0 radical (unpaired) electrons. The van der Waals surface area contributed by atoms with Crippen LogP contribution in [0.15, 0.2) is 0 Å². The minimum Gasteiger partial charge on any atom is -0.465 e. The molecule has 0 fully saturated rings. The van der Waals surface area contributed by atoms with E-state index in [1.165, 1.54) is 51.4 Å². The van der Waals surface area contributed by atoms with Crippen molar-refractivity contribution >= 4 is 11.9 Å². The van der Waals surface area contributed by atoms with E-state index in [9.17, 15) is 9.59 Å². The standard InChI is InChI=1S/C30H58O4/c1-5-9-11-12-13-15-18-23-28(34-30(32)21-7-3)24-19-16-14-17-20-25-29(31)33-26-27(8-4)22-10-6-2/h27-28H,5-26H2,1-4H3. The van der Waals surface area contributed by atoms with Crippen LogP contribution in [0.3, 0.4) is 0 Å². The van der Waals surface area contributed by atoms with E-state index in [0.717, 1.165) is 70.6 Å². The van der Waals surface area contributed by atoms with Crippen molar-refractivity contribution in [1.82, 2.24) is 0 Å². The molecule has 0 aromatic rings. The molecule has 0 bridgehead atoms. The number of ether oxygens (including phenoxy) is 2. The molecule has 0 saturated heterocycles. The van der Waals surface area contributed by atoms with Gasteiger partial charge in [0.2, 0.25) is 0 Å². The molecule has 0 aromatic heterocycles. The van der Waals surface area contributed by atoms with Crippen LogP contribution in [0.1, 0.15) is 163 Å². The molecule has 0 spiro atoms. The predicted octanol–water partition coefficient (Wildman–Crippen LogP) is 9.33. The number of carbonyl (C=O) groups is 2. The summed E-state index contributed by atoms with van der Waals surface area (Å²) in [6.45, 7) is 9.25. The van der Waals surface area contributed by atoms with Crippen molar-refractivity contribution in [2.75, 3.05) is 6.61 Å². The average molecular weight is 483 g/mol. The van der Waals surface area contributed by atoms with Gasteiger partial charge in [-0.1, -0.05) is 105 Å². The van der Waals surface area contributed by atoms with Gasteiger partial charge in [0.1, 0.15) is 6.10 Å². The van der Waals surface area contributed by atoms with Crippen LogP contribution in [-0.2, 0) is 19.1 Å². The van der Waals surface area contributed by atoms with Crippen LogP contribution in [0, 0.1) is 5.92 Å². The highest BCUT2D eigenvalue weighted by Crippen LogP contribution is 2.18. The molecular weight excluding hydrogens is 424 g/mol. The molecule has 202 valence electrons. The van der Waals surface area contributed by atoms with Crippen LogP contribution in [0.5, 0.6) is 0 Å². The summed E-state index contributed by atoms with van der Waals surface area (Å²) in [5, 5.41) is 0. The van der Waals surface area contributed by atoms with Gasteiger partial charge in [-0.25, -0.2) is 0 Å². The fraction of sp³-hybridized carbons (Fsp3) is 0.933. The summed E-state index contributed by atoms with van der Waals surface area (Å²) in [5.41, 5.74) is 0. The molecule has 34 heavy (non-hydrogen) atoms. The van der Waals surface area contributed by atoms with E-state index in [1.807, 2.05) is 6.92 Å². The molecule has 0 aliphatic heterocycles. The Kier molecular flexibility index (Phi) is 24.3. The van der Waals surface area contributed by atoms with E-state index in [2.05, 4.69) is 20.8 Å². The normalized spacial score (nSPS) is 12.9. The van der Waals surface area contributed by atoms with Crippen molar-refractivity contribution in [1.29, 1.82) is 0 Å². The first-order valence-corrected chi connectivity index (χ1v) is 14.9. The Morgan fingerprint density at radius 1 is 0.559 bits per heavy atom. The van der Waals surface area contributed by atoms with E-state index in [-0.39, 0.29) is 18.0 Å².